The summed E-state index contributed by atoms with van der Waals surface area (Å²) in [6.45, 7) is 0. The van der Waals surface area contributed by atoms with Crippen molar-refractivity contribution in [2.75, 3.05) is 11.0 Å². The third kappa shape index (κ3) is 4.05. The fourth-order valence-electron chi connectivity index (χ4n) is 4.33. The number of anilines is 1. The third-order valence-corrected chi connectivity index (χ3v) is 7.96. The van der Waals surface area contributed by atoms with Gasteiger partial charge in [0.1, 0.15) is 0 Å². The van der Waals surface area contributed by atoms with Crippen molar-refractivity contribution < 1.29 is 13.2 Å². The smallest absolute Gasteiger partial charge is 0.261 e. The van der Waals surface area contributed by atoms with Gasteiger partial charge in [-0.1, -0.05) is 6.42 Å². The summed E-state index contributed by atoms with van der Waals surface area (Å²) in [5, 5.41) is 3.15. The van der Waals surface area contributed by atoms with Crippen molar-refractivity contribution in [2.45, 2.75) is 41.5 Å². The maximum atomic E-state index is 12.5. The highest BCUT2D eigenvalue weighted by Gasteiger charge is 2.40. The summed E-state index contributed by atoms with van der Waals surface area (Å²) < 4.78 is 27.6. The number of nitrogens with one attached hydrogen (secondary N) is 2. The largest absolute Gasteiger partial charge is 0.349 e. The molecule has 28 heavy (non-hydrogen) atoms. The summed E-state index contributed by atoms with van der Waals surface area (Å²) in [6.07, 6.45) is 6.78. The van der Waals surface area contributed by atoms with Gasteiger partial charge in [-0.05, 0) is 85.9 Å². The number of thioether (sulfide) groups is 1. The maximum Gasteiger partial charge on any atom is 0.261 e. The van der Waals surface area contributed by atoms with E-state index in [0.29, 0.717) is 17.2 Å². The van der Waals surface area contributed by atoms with Crippen LogP contribution in [0.3, 0.4) is 0 Å². The Hall–Kier alpha value is -1.99. The van der Waals surface area contributed by atoms with Gasteiger partial charge in [-0.3, -0.25) is 9.52 Å². The Morgan fingerprint density at radius 2 is 1.71 bits per heavy atom. The Balaban J connectivity index is 1.40. The molecule has 2 fully saturated rings. The SMILES string of the molecule is CSc1ccc(S(=O)(=O)Nc2ccc(C(=O)N[C@@H]3C[C@H]4CC[C@@H]3C4)cc2)cc1. The minimum atomic E-state index is -3.66. The standard InChI is InChI=1S/C21H24N2O3S2/c1-27-18-8-10-19(11-9-18)28(25,26)23-17-6-4-15(5-7-17)21(24)22-20-13-14-2-3-16(20)12-14/h4-11,14,16,20,23H,2-3,12-13H2,1H3,(H,22,24)/t14-,16+,20+/m0/s1. The lowest BCUT2D eigenvalue weighted by atomic mass is 9.95. The molecule has 2 N–H and O–H groups in total. The molecule has 148 valence electrons. The summed E-state index contributed by atoms with van der Waals surface area (Å²) >= 11 is 1.56. The normalized spacial score (nSPS) is 23.5. The van der Waals surface area contributed by atoms with Gasteiger partial charge < -0.3 is 5.32 Å². The van der Waals surface area contributed by atoms with Crippen LogP contribution in [0.4, 0.5) is 5.69 Å². The fourth-order valence-corrected chi connectivity index (χ4v) is 5.80. The molecule has 0 spiro atoms. The minimum absolute atomic E-state index is 0.0837. The molecule has 5 nitrogen and oxygen atoms in total. The highest BCUT2D eigenvalue weighted by Crippen LogP contribution is 2.44. The first kappa shape index (κ1) is 19.3. The molecule has 2 aliphatic rings. The van der Waals surface area contributed by atoms with E-state index in [9.17, 15) is 13.2 Å². The lowest BCUT2D eigenvalue weighted by Gasteiger charge is -2.22. The zero-order valence-electron chi connectivity index (χ0n) is 15.7. The van der Waals surface area contributed by atoms with Crippen LogP contribution >= 0.6 is 11.8 Å². The zero-order valence-corrected chi connectivity index (χ0v) is 17.4. The van der Waals surface area contributed by atoms with E-state index in [2.05, 4.69) is 10.0 Å². The van der Waals surface area contributed by atoms with Crippen LogP contribution in [0.15, 0.2) is 58.3 Å². The number of hydrogen-bond acceptors (Lipinski definition) is 4. The van der Waals surface area contributed by atoms with Crippen molar-refractivity contribution >= 4 is 33.4 Å². The molecular weight excluding hydrogens is 392 g/mol. The van der Waals surface area contributed by atoms with Gasteiger partial charge in [0.2, 0.25) is 0 Å². The highest BCUT2D eigenvalue weighted by atomic mass is 32.2. The van der Waals surface area contributed by atoms with Gasteiger partial charge in [0, 0.05) is 22.2 Å². The van der Waals surface area contributed by atoms with Crippen molar-refractivity contribution in [1.29, 1.82) is 0 Å². The molecule has 2 bridgehead atoms. The van der Waals surface area contributed by atoms with Gasteiger partial charge in [0.15, 0.2) is 0 Å². The molecular formula is C21H24N2O3S2. The summed E-state index contributed by atoms with van der Waals surface area (Å²) in [5.41, 5.74) is 0.987. The molecule has 0 aromatic heterocycles. The molecule has 2 saturated carbocycles. The Morgan fingerprint density at radius 1 is 1.00 bits per heavy atom. The fraction of sp³-hybridized carbons (Fsp3) is 0.381. The van der Waals surface area contributed by atoms with Crippen molar-refractivity contribution in [3.8, 4) is 0 Å². The summed E-state index contributed by atoms with van der Waals surface area (Å²) in [5.74, 6) is 1.31. The van der Waals surface area contributed by atoms with Crippen molar-refractivity contribution in [3.05, 3.63) is 54.1 Å². The number of carbonyl (C=O) groups is 1. The molecule has 0 radical (unpaired) electrons. The highest BCUT2D eigenvalue weighted by molar-refractivity contribution is 7.98. The maximum absolute atomic E-state index is 12.5. The van der Waals surface area contributed by atoms with E-state index in [0.717, 1.165) is 17.2 Å². The number of rotatable bonds is 6. The first-order valence-corrected chi connectivity index (χ1v) is 12.2. The number of sulfonamides is 1. The predicted octanol–water partition coefficient (Wildman–Crippen LogP) is 4.13. The van der Waals surface area contributed by atoms with Crippen LogP contribution in [0.25, 0.3) is 0 Å². The lowest BCUT2D eigenvalue weighted by Crippen LogP contribution is -2.38. The Bertz CT molecular complexity index is 956. The Labute approximate surface area is 170 Å². The second-order valence-electron chi connectivity index (χ2n) is 7.61. The molecule has 0 saturated heterocycles. The summed E-state index contributed by atoms with van der Waals surface area (Å²) in [4.78, 5) is 13.7. The van der Waals surface area contributed by atoms with Gasteiger partial charge in [0.05, 0.1) is 4.90 Å². The topological polar surface area (TPSA) is 75.3 Å². The number of amides is 1. The van der Waals surface area contributed by atoms with Gasteiger partial charge in [-0.25, -0.2) is 8.42 Å². The van der Waals surface area contributed by atoms with E-state index in [1.807, 2.05) is 6.26 Å². The Morgan fingerprint density at radius 3 is 2.29 bits per heavy atom. The van der Waals surface area contributed by atoms with Gasteiger partial charge in [-0.15, -0.1) is 11.8 Å². The average molecular weight is 417 g/mol. The molecule has 7 heteroatoms. The average Bonchev–Trinajstić information content (AvgIpc) is 3.31. The molecule has 2 aromatic rings. The van der Waals surface area contributed by atoms with Gasteiger partial charge >= 0.3 is 0 Å². The van der Waals surface area contributed by atoms with Crippen LogP contribution in [0, 0.1) is 11.8 Å². The van der Waals surface area contributed by atoms with Crippen LogP contribution in [0.5, 0.6) is 0 Å². The minimum Gasteiger partial charge on any atom is -0.349 e. The number of hydrogen-bond donors (Lipinski definition) is 2. The number of carbonyl (C=O) groups excluding carboxylic acids is 1. The van der Waals surface area contributed by atoms with Crippen LogP contribution < -0.4 is 10.0 Å². The van der Waals surface area contributed by atoms with E-state index < -0.39 is 10.0 Å². The zero-order chi connectivity index (χ0) is 19.7. The van der Waals surface area contributed by atoms with Crippen LogP contribution in [0.2, 0.25) is 0 Å². The summed E-state index contributed by atoms with van der Waals surface area (Å²) in [7, 11) is -3.66. The van der Waals surface area contributed by atoms with E-state index in [1.165, 1.54) is 19.3 Å². The molecule has 0 heterocycles. The van der Waals surface area contributed by atoms with Gasteiger partial charge in [-0.2, -0.15) is 0 Å². The molecule has 1 amide bonds. The van der Waals surface area contributed by atoms with Crippen LogP contribution in [-0.4, -0.2) is 26.6 Å². The van der Waals surface area contributed by atoms with E-state index in [-0.39, 0.29) is 16.8 Å². The molecule has 2 aromatic carbocycles. The lowest BCUT2D eigenvalue weighted by molar-refractivity contribution is 0.0923. The molecule has 0 unspecified atom stereocenters. The summed E-state index contributed by atoms with van der Waals surface area (Å²) in [6, 6.07) is 13.6. The van der Waals surface area contributed by atoms with Crippen molar-refractivity contribution in [1.82, 2.24) is 5.32 Å². The van der Waals surface area contributed by atoms with Crippen molar-refractivity contribution in [2.24, 2.45) is 11.8 Å². The second kappa shape index (κ2) is 7.79. The first-order chi connectivity index (χ1) is 13.4. The third-order valence-electron chi connectivity index (χ3n) is 5.82. The molecule has 4 rings (SSSR count). The van der Waals surface area contributed by atoms with Crippen LogP contribution in [-0.2, 0) is 10.0 Å². The second-order valence-corrected chi connectivity index (χ2v) is 10.2. The number of fused-ring (bicyclic) bond motifs is 2. The van der Waals surface area contributed by atoms with E-state index >= 15 is 0 Å². The van der Waals surface area contributed by atoms with Crippen molar-refractivity contribution in [3.63, 3.8) is 0 Å². The number of benzene rings is 2. The van der Waals surface area contributed by atoms with E-state index in [1.54, 1.807) is 60.3 Å². The monoisotopic (exact) mass is 416 g/mol. The van der Waals surface area contributed by atoms with Crippen LogP contribution in [0.1, 0.15) is 36.0 Å². The quantitative estimate of drug-likeness (QED) is 0.695. The van der Waals surface area contributed by atoms with Gasteiger partial charge in [0.25, 0.3) is 15.9 Å². The molecule has 2 aliphatic carbocycles. The first-order valence-electron chi connectivity index (χ1n) is 9.52. The van der Waals surface area contributed by atoms with E-state index in [4.69, 9.17) is 0 Å². The molecule has 3 atom stereocenters. The predicted molar refractivity (Wildman–Crippen MR) is 112 cm³/mol. The Kier molecular flexibility index (Phi) is 5.38. The molecule has 0 aliphatic heterocycles.